The third-order valence-corrected chi connectivity index (χ3v) is 0.721. The Morgan fingerprint density at radius 2 is 2.40 bits per heavy atom. The van der Waals surface area contributed by atoms with Gasteiger partial charge in [0.15, 0.2) is 0 Å². The third kappa shape index (κ3) is 1.81. The van der Waals surface area contributed by atoms with Crippen LogP contribution in [0.2, 0.25) is 0 Å². The van der Waals surface area contributed by atoms with Crippen molar-refractivity contribution < 1.29 is 0 Å². The zero-order valence-electron chi connectivity index (χ0n) is 5.81. The van der Waals surface area contributed by atoms with Crippen molar-refractivity contribution >= 4 is 5.95 Å². The molecule has 0 fully saturated rings. The molecule has 1 heterocycles. The molecule has 0 aromatic carbocycles. The second kappa shape index (κ2) is 2.90. The van der Waals surface area contributed by atoms with Crippen molar-refractivity contribution in [3.8, 4) is 0 Å². The minimum absolute atomic E-state index is 0.411. The number of aromatic amines is 1. The average molecular weight is 140 g/mol. The summed E-state index contributed by atoms with van der Waals surface area (Å²) in [6, 6.07) is 0. The molecular weight excluding hydrogens is 132 g/mol. The van der Waals surface area contributed by atoms with Crippen molar-refractivity contribution in [1.82, 2.24) is 20.2 Å². The fourth-order valence-corrected chi connectivity index (χ4v) is 0.379. The van der Waals surface area contributed by atoms with Gasteiger partial charge in [-0.2, -0.15) is 10.1 Å². The van der Waals surface area contributed by atoms with Crippen LogP contribution in [0.4, 0.5) is 5.95 Å². The molecule has 0 unspecified atom stereocenters. The van der Waals surface area contributed by atoms with Gasteiger partial charge in [-0.3, -0.25) is 5.01 Å². The normalized spacial score (nSPS) is 10.6. The molecule has 0 radical (unpaired) electrons. The molecule has 0 atom stereocenters. The number of H-pyrrole nitrogens is 1. The number of nitrogens with one attached hydrogen (secondary N) is 1. The van der Waals surface area contributed by atoms with Crippen LogP contribution in [0.15, 0.2) is 16.7 Å². The van der Waals surface area contributed by atoms with Crippen LogP contribution in [0.1, 0.15) is 0 Å². The quantitative estimate of drug-likeness (QED) is 0.476. The molecule has 54 valence electrons. The van der Waals surface area contributed by atoms with Crippen LogP contribution < -0.4 is 0 Å². The number of nitrogens with zero attached hydrogens (tertiary/aromatic N) is 5. The van der Waals surface area contributed by atoms with E-state index in [2.05, 4.69) is 25.5 Å². The van der Waals surface area contributed by atoms with E-state index in [1.165, 1.54) is 6.33 Å². The topological polar surface area (TPSA) is 69.5 Å². The maximum atomic E-state index is 3.73. The molecule has 6 heteroatoms. The third-order valence-electron chi connectivity index (χ3n) is 0.721. The lowest BCUT2D eigenvalue weighted by Gasteiger charge is -1.97. The highest BCUT2D eigenvalue weighted by Gasteiger charge is 1.87. The van der Waals surface area contributed by atoms with Gasteiger partial charge in [0.1, 0.15) is 6.33 Å². The van der Waals surface area contributed by atoms with Gasteiger partial charge in [0.05, 0.1) is 0 Å². The predicted octanol–water partition coefficient (Wildman–Crippen LogP) is 0.365. The van der Waals surface area contributed by atoms with Crippen molar-refractivity contribution in [2.45, 2.75) is 0 Å². The summed E-state index contributed by atoms with van der Waals surface area (Å²) in [5.74, 6) is 0.411. The molecule has 1 N–H and O–H groups in total. The van der Waals surface area contributed by atoms with E-state index in [0.29, 0.717) is 5.95 Å². The highest BCUT2D eigenvalue weighted by atomic mass is 15.5. The van der Waals surface area contributed by atoms with Crippen LogP contribution in [-0.2, 0) is 0 Å². The van der Waals surface area contributed by atoms with Crippen LogP contribution in [0.5, 0.6) is 0 Å². The monoisotopic (exact) mass is 140 g/mol. The minimum atomic E-state index is 0.411. The summed E-state index contributed by atoms with van der Waals surface area (Å²) in [7, 11) is 3.56. The Hall–Kier alpha value is -1.46. The van der Waals surface area contributed by atoms with Crippen molar-refractivity contribution in [1.29, 1.82) is 0 Å². The van der Waals surface area contributed by atoms with Gasteiger partial charge in [-0.15, -0.1) is 0 Å². The Morgan fingerprint density at radius 1 is 1.60 bits per heavy atom. The largest absolute Gasteiger partial charge is 0.284 e. The standard InChI is InChI=1S/C4H8N6/c1-10(2)9-8-4-5-3-6-7-4/h3H,1-2H3,(H,5,6,7). The molecule has 0 saturated carbocycles. The van der Waals surface area contributed by atoms with Crippen LogP contribution in [0, 0.1) is 0 Å². The first-order valence-electron chi connectivity index (χ1n) is 2.73. The average Bonchev–Trinajstić information content (AvgIpc) is 2.34. The Balaban J connectivity index is 2.55. The molecular formula is C4H8N6. The summed E-state index contributed by atoms with van der Waals surface area (Å²) in [5.41, 5.74) is 0. The molecule has 6 nitrogen and oxygen atoms in total. The molecule has 10 heavy (non-hydrogen) atoms. The SMILES string of the molecule is CN(C)N=Nc1ncn[nH]1. The van der Waals surface area contributed by atoms with E-state index < -0.39 is 0 Å². The lowest BCUT2D eigenvalue weighted by Crippen LogP contribution is -1.98. The molecule has 0 spiro atoms. The van der Waals surface area contributed by atoms with E-state index in [1.54, 1.807) is 19.1 Å². The summed E-state index contributed by atoms with van der Waals surface area (Å²) >= 11 is 0. The first-order chi connectivity index (χ1) is 4.79. The predicted molar refractivity (Wildman–Crippen MR) is 34.6 cm³/mol. The highest BCUT2D eigenvalue weighted by molar-refractivity contribution is 5.05. The van der Waals surface area contributed by atoms with Gasteiger partial charge in [-0.1, -0.05) is 10.3 Å². The van der Waals surface area contributed by atoms with Gasteiger partial charge in [-0.25, -0.2) is 5.10 Å². The zero-order chi connectivity index (χ0) is 7.40. The second-order valence-electron chi connectivity index (χ2n) is 1.85. The molecule has 0 aliphatic heterocycles. The van der Waals surface area contributed by atoms with E-state index in [-0.39, 0.29) is 0 Å². The first kappa shape index (κ1) is 6.66. The molecule has 0 amide bonds. The molecule has 0 bridgehead atoms. The van der Waals surface area contributed by atoms with E-state index in [1.807, 2.05) is 0 Å². The van der Waals surface area contributed by atoms with Gasteiger partial charge >= 0.3 is 0 Å². The van der Waals surface area contributed by atoms with Crippen LogP contribution >= 0.6 is 0 Å². The van der Waals surface area contributed by atoms with Crippen molar-refractivity contribution in [3.05, 3.63) is 6.33 Å². The summed E-state index contributed by atoms with van der Waals surface area (Å²) in [5, 5.41) is 15.1. The van der Waals surface area contributed by atoms with Crippen LogP contribution in [0.3, 0.4) is 0 Å². The van der Waals surface area contributed by atoms with Crippen molar-refractivity contribution in [2.24, 2.45) is 10.3 Å². The summed E-state index contributed by atoms with van der Waals surface area (Å²) in [6.45, 7) is 0. The fourth-order valence-electron chi connectivity index (χ4n) is 0.379. The van der Waals surface area contributed by atoms with E-state index in [9.17, 15) is 0 Å². The summed E-state index contributed by atoms with van der Waals surface area (Å²) < 4.78 is 0. The summed E-state index contributed by atoms with van der Waals surface area (Å²) in [4.78, 5) is 3.73. The smallest absolute Gasteiger partial charge is 0.266 e. The maximum Gasteiger partial charge on any atom is 0.266 e. The van der Waals surface area contributed by atoms with Gasteiger partial charge in [0.2, 0.25) is 0 Å². The fraction of sp³-hybridized carbons (Fsp3) is 0.500. The second-order valence-corrected chi connectivity index (χ2v) is 1.85. The van der Waals surface area contributed by atoms with Gasteiger partial charge in [-0.05, 0) is 0 Å². The van der Waals surface area contributed by atoms with Crippen molar-refractivity contribution in [2.75, 3.05) is 14.1 Å². The van der Waals surface area contributed by atoms with E-state index in [4.69, 9.17) is 0 Å². The van der Waals surface area contributed by atoms with E-state index >= 15 is 0 Å². The lowest BCUT2D eigenvalue weighted by molar-refractivity contribution is 0.407. The Bertz CT molecular complexity index is 200. The van der Waals surface area contributed by atoms with Gasteiger partial charge in [0.25, 0.3) is 5.95 Å². The number of hydrogen-bond acceptors (Lipinski definition) is 4. The number of rotatable bonds is 2. The molecule has 0 aliphatic rings. The van der Waals surface area contributed by atoms with Crippen LogP contribution in [0.25, 0.3) is 0 Å². The molecule has 1 rings (SSSR count). The number of hydrogen-bond donors (Lipinski definition) is 1. The molecule has 1 aromatic heterocycles. The van der Waals surface area contributed by atoms with Gasteiger partial charge in [0, 0.05) is 14.1 Å². The van der Waals surface area contributed by atoms with Crippen LogP contribution in [-0.4, -0.2) is 34.3 Å². The summed E-state index contributed by atoms with van der Waals surface area (Å²) in [6.07, 6.45) is 1.38. The Kier molecular flexibility index (Phi) is 1.93. The zero-order valence-corrected chi connectivity index (χ0v) is 5.81. The maximum absolute atomic E-state index is 3.73. The molecule has 0 aliphatic carbocycles. The molecule has 1 aromatic rings. The van der Waals surface area contributed by atoms with Crippen molar-refractivity contribution in [3.63, 3.8) is 0 Å². The van der Waals surface area contributed by atoms with E-state index in [0.717, 1.165) is 0 Å². The minimum Gasteiger partial charge on any atom is -0.284 e. The highest BCUT2D eigenvalue weighted by Crippen LogP contribution is 1.98. The van der Waals surface area contributed by atoms with Gasteiger partial charge < -0.3 is 0 Å². The lowest BCUT2D eigenvalue weighted by atomic mass is 11.1. The first-order valence-corrected chi connectivity index (χ1v) is 2.73. The Labute approximate surface area is 58.0 Å². The Morgan fingerprint density at radius 3 is 2.90 bits per heavy atom. The molecule has 0 saturated heterocycles. The number of aromatic nitrogens is 3.